The third-order valence-corrected chi connectivity index (χ3v) is 8.47. The topological polar surface area (TPSA) is 20.3 Å². The standard InChI is InChI=1S/C35H31NO/c1-34(2)30-21-13-14-22-31(30)36(3)35(34)24-28(25-15-7-4-8-16-25)23-29(26-17-9-5-10-18-26)32(35)33(37)27-19-11-6-12-20-27/h4-24,32H,1-3H3/t32-,35-/m0/s1. The number of benzene rings is 4. The molecule has 0 N–H and O–H groups in total. The van der Waals surface area contributed by atoms with Crippen LogP contribution in [0.4, 0.5) is 5.69 Å². The summed E-state index contributed by atoms with van der Waals surface area (Å²) in [5.74, 6) is -0.260. The first-order valence-electron chi connectivity index (χ1n) is 12.9. The van der Waals surface area contributed by atoms with Crippen molar-refractivity contribution in [3.05, 3.63) is 150 Å². The highest BCUT2D eigenvalue weighted by Crippen LogP contribution is 2.60. The van der Waals surface area contributed by atoms with Gasteiger partial charge in [-0.05, 0) is 46.1 Å². The molecule has 2 atom stereocenters. The number of Topliss-reactive ketones (excluding diaryl/α,β-unsaturated/α-hetero) is 1. The predicted octanol–water partition coefficient (Wildman–Crippen LogP) is 7.83. The maximum atomic E-state index is 14.7. The van der Waals surface area contributed by atoms with Crippen LogP contribution >= 0.6 is 0 Å². The lowest BCUT2D eigenvalue weighted by atomic mass is 9.57. The first-order valence-corrected chi connectivity index (χ1v) is 12.9. The quantitative estimate of drug-likeness (QED) is 0.277. The smallest absolute Gasteiger partial charge is 0.173 e. The van der Waals surface area contributed by atoms with E-state index in [2.05, 4.69) is 111 Å². The van der Waals surface area contributed by atoms with E-state index < -0.39 is 11.5 Å². The number of hydrogen-bond donors (Lipinski definition) is 0. The van der Waals surface area contributed by atoms with Gasteiger partial charge in [0.05, 0.1) is 11.5 Å². The Morgan fingerprint density at radius 2 is 1.24 bits per heavy atom. The van der Waals surface area contributed by atoms with Crippen molar-refractivity contribution in [1.82, 2.24) is 0 Å². The van der Waals surface area contributed by atoms with Crippen LogP contribution in [0.5, 0.6) is 0 Å². The molecule has 0 bridgehead atoms. The Kier molecular flexibility index (Phi) is 5.49. The van der Waals surface area contributed by atoms with Crippen LogP contribution < -0.4 is 4.90 Å². The van der Waals surface area contributed by atoms with Crippen molar-refractivity contribution in [1.29, 1.82) is 0 Å². The third-order valence-electron chi connectivity index (χ3n) is 8.47. The minimum absolute atomic E-state index is 0.145. The molecule has 0 saturated carbocycles. The van der Waals surface area contributed by atoms with Gasteiger partial charge in [-0.3, -0.25) is 4.79 Å². The number of anilines is 1. The SMILES string of the molecule is CN1c2ccccc2C(C)(C)[C@@]12C=C(c1ccccc1)C=C(c1ccccc1)[C@H]2C(=O)c1ccccc1. The van der Waals surface area contributed by atoms with Gasteiger partial charge in [0.2, 0.25) is 0 Å². The van der Waals surface area contributed by atoms with Crippen LogP contribution in [0.2, 0.25) is 0 Å². The molecule has 37 heavy (non-hydrogen) atoms. The molecule has 2 nitrogen and oxygen atoms in total. The Balaban J connectivity index is 1.69. The number of hydrogen-bond acceptors (Lipinski definition) is 2. The van der Waals surface area contributed by atoms with E-state index >= 15 is 0 Å². The molecule has 2 aliphatic rings. The van der Waals surface area contributed by atoms with Gasteiger partial charge in [0.15, 0.2) is 5.78 Å². The second-order valence-electron chi connectivity index (χ2n) is 10.6. The van der Waals surface area contributed by atoms with Crippen LogP contribution in [-0.2, 0) is 5.41 Å². The molecular formula is C35H31NO. The second-order valence-corrected chi connectivity index (χ2v) is 10.6. The number of carbonyl (C=O) groups is 1. The first-order chi connectivity index (χ1) is 17.9. The van der Waals surface area contributed by atoms with E-state index in [0.29, 0.717) is 0 Å². The molecule has 0 unspecified atom stereocenters. The number of nitrogens with zero attached hydrogens (tertiary/aromatic N) is 1. The van der Waals surface area contributed by atoms with Crippen LogP contribution in [0.25, 0.3) is 11.1 Å². The van der Waals surface area contributed by atoms with Gasteiger partial charge in [-0.25, -0.2) is 0 Å². The summed E-state index contributed by atoms with van der Waals surface area (Å²) in [4.78, 5) is 17.0. The number of fused-ring (bicyclic) bond motifs is 1. The lowest BCUT2D eigenvalue weighted by Gasteiger charge is -2.52. The van der Waals surface area contributed by atoms with Crippen molar-refractivity contribution in [2.45, 2.75) is 24.8 Å². The summed E-state index contributed by atoms with van der Waals surface area (Å²) < 4.78 is 0. The summed E-state index contributed by atoms with van der Waals surface area (Å²) in [5, 5.41) is 0. The van der Waals surface area contributed by atoms with Crippen LogP contribution in [-0.4, -0.2) is 18.4 Å². The molecule has 1 spiro atoms. The van der Waals surface area contributed by atoms with Gasteiger partial charge in [-0.15, -0.1) is 0 Å². The third kappa shape index (κ3) is 3.43. The molecule has 0 saturated heterocycles. The van der Waals surface area contributed by atoms with Crippen molar-refractivity contribution in [3.8, 4) is 0 Å². The Labute approximate surface area is 219 Å². The maximum Gasteiger partial charge on any atom is 0.173 e. The van der Waals surface area contributed by atoms with E-state index in [9.17, 15) is 4.79 Å². The van der Waals surface area contributed by atoms with Gasteiger partial charge in [0.25, 0.3) is 0 Å². The molecule has 0 aromatic heterocycles. The van der Waals surface area contributed by atoms with Crippen molar-refractivity contribution in [2.75, 3.05) is 11.9 Å². The minimum atomic E-state index is -0.616. The highest BCUT2D eigenvalue weighted by Gasteiger charge is 2.62. The zero-order valence-electron chi connectivity index (χ0n) is 21.6. The van der Waals surface area contributed by atoms with Crippen molar-refractivity contribution >= 4 is 22.6 Å². The highest BCUT2D eigenvalue weighted by molar-refractivity contribution is 6.10. The van der Waals surface area contributed by atoms with Crippen LogP contribution in [0.15, 0.2) is 127 Å². The zero-order valence-corrected chi connectivity index (χ0v) is 21.6. The van der Waals surface area contributed by atoms with Gasteiger partial charge in [0, 0.05) is 23.7 Å². The molecule has 0 amide bonds. The van der Waals surface area contributed by atoms with E-state index in [1.807, 2.05) is 42.5 Å². The van der Waals surface area contributed by atoms with E-state index in [4.69, 9.17) is 0 Å². The summed E-state index contributed by atoms with van der Waals surface area (Å²) in [7, 11) is 2.16. The maximum absolute atomic E-state index is 14.7. The average Bonchev–Trinajstić information content (AvgIpc) is 3.12. The molecule has 4 aromatic rings. The van der Waals surface area contributed by atoms with Gasteiger partial charge < -0.3 is 4.90 Å². The fraction of sp³-hybridized carbons (Fsp3) is 0.171. The number of rotatable bonds is 4. The molecule has 1 aliphatic carbocycles. The summed E-state index contributed by atoms with van der Waals surface area (Å²) >= 11 is 0. The predicted molar refractivity (Wildman–Crippen MR) is 154 cm³/mol. The lowest BCUT2D eigenvalue weighted by molar-refractivity contribution is 0.0885. The van der Waals surface area contributed by atoms with Crippen LogP contribution in [0, 0.1) is 5.92 Å². The first kappa shape index (κ1) is 23.2. The molecule has 1 aliphatic heterocycles. The van der Waals surface area contributed by atoms with E-state index in [1.165, 1.54) is 11.3 Å². The molecular weight excluding hydrogens is 450 g/mol. The number of carbonyl (C=O) groups excluding carboxylic acids is 1. The Morgan fingerprint density at radius 1 is 0.703 bits per heavy atom. The number of para-hydroxylation sites is 1. The monoisotopic (exact) mass is 481 g/mol. The van der Waals surface area contributed by atoms with E-state index in [0.717, 1.165) is 27.8 Å². The largest absolute Gasteiger partial charge is 0.363 e. The van der Waals surface area contributed by atoms with Crippen LogP contribution in [0.1, 0.15) is 40.9 Å². The molecule has 182 valence electrons. The van der Waals surface area contributed by atoms with Gasteiger partial charge in [-0.2, -0.15) is 0 Å². The van der Waals surface area contributed by atoms with E-state index in [1.54, 1.807) is 0 Å². The number of likely N-dealkylation sites (N-methyl/N-ethyl adjacent to an activating group) is 1. The number of allylic oxidation sites excluding steroid dienone is 2. The van der Waals surface area contributed by atoms with Gasteiger partial charge in [-0.1, -0.05) is 123 Å². The Bertz CT molecular complexity index is 1520. The number of ketones is 1. The summed E-state index contributed by atoms with van der Waals surface area (Å²) in [6, 6.07) is 39.3. The zero-order chi connectivity index (χ0) is 25.6. The van der Waals surface area contributed by atoms with E-state index in [-0.39, 0.29) is 11.2 Å². The molecule has 2 heteroatoms. The van der Waals surface area contributed by atoms with Crippen LogP contribution in [0.3, 0.4) is 0 Å². The summed E-state index contributed by atoms with van der Waals surface area (Å²) in [6.45, 7) is 4.60. The summed E-state index contributed by atoms with van der Waals surface area (Å²) in [6.07, 6.45) is 4.62. The highest BCUT2D eigenvalue weighted by atomic mass is 16.1. The molecule has 0 radical (unpaired) electrons. The Hall–Kier alpha value is -4.17. The minimum Gasteiger partial charge on any atom is -0.363 e. The normalized spacial score (nSPS) is 21.8. The second kappa shape index (κ2) is 8.74. The summed E-state index contributed by atoms with van der Waals surface area (Å²) in [5.41, 5.74) is 6.66. The van der Waals surface area contributed by atoms with Crippen molar-refractivity contribution < 1.29 is 4.79 Å². The molecule has 0 fully saturated rings. The molecule has 4 aromatic carbocycles. The molecule has 6 rings (SSSR count). The van der Waals surface area contributed by atoms with Crippen molar-refractivity contribution in [3.63, 3.8) is 0 Å². The van der Waals surface area contributed by atoms with Gasteiger partial charge in [0.1, 0.15) is 0 Å². The van der Waals surface area contributed by atoms with Gasteiger partial charge >= 0.3 is 0 Å². The molecule has 1 heterocycles. The fourth-order valence-electron chi connectivity index (χ4n) is 6.60. The lowest BCUT2D eigenvalue weighted by Crippen LogP contribution is -2.61. The fourth-order valence-corrected chi connectivity index (χ4v) is 6.60. The average molecular weight is 482 g/mol. The Morgan fingerprint density at radius 3 is 1.86 bits per heavy atom. The van der Waals surface area contributed by atoms with Crippen molar-refractivity contribution in [2.24, 2.45) is 5.92 Å².